The minimum atomic E-state index is -3.87. The van der Waals surface area contributed by atoms with Gasteiger partial charge in [0.15, 0.2) is 0 Å². The Morgan fingerprint density at radius 1 is 0.879 bits per heavy atom. The minimum Gasteiger partial charge on any atom is -0.427 e. The van der Waals surface area contributed by atoms with Gasteiger partial charge in [-0.2, -0.15) is 0 Å². The molecule has 3 aromatic rings. The first-order valence-electron chi connectivity index (χ1n) is 11.9. The van der Waals surface area contributed by atoms with Crippen LogP contribution in [0.1, 0.15) is 61.5 Å². The molecule has 0 bridgehead atoms. The molecule has 0 spiro atoms. The summed E-state index contributed by atoms with van der Waals surface area (Å²) < 4.78 is 35.8. The zero-order chi connectivity index (χ0) is 22.8. The van der Waals surface area contributed by atoms with E-state index in [0.717, 1.165) is 61.8 Å². The summed E-state index contributed by atoms with van der Waals surface area (Å²) >= 11 is 0. The lowest BCUT2D eigenvalue weighted by Crippen LogP contribution is -2.33. The van der Waals surface area contributed by atoms with E-state index in [9.17, 15) is 13.2 Å². The molecule has 5 nitrogen and oxygen atoms in total. The number of rotatable bonds is 6. The molecule has 5 rings (SSSR count). The summed E-state index contributed by atoms with van der Waals surface area (Å²) in [4.78, 5) is 13.2. The van der Waals surface area contributed by atoms with Crippen LogP contribution in [-0.2, 0) is 22.9 Å². The van der Waals surface area contributed by atoms with Gasteiger partial charge >= 0.3 is 5.63 Å². The molecule has 1 saturated carbocycles. The van der Waals surface area contributed by atoms with E-state index in [4.69, 9.17) is 4.42 Å². The number of sulfonamides is 1. The van der Waals surface area contributed by atoms with Crippen LogP contribution in [-0.4, -0.2) is 8.42 Å². The molecule has 1 N–H and O–H groups in total. The van der Waals surface area contributed by atoms with Crippen molar-refractivity contribution in [3.05, 3.63) is 88.0 Å². The Morgan fingerprint density at radius 3 is 2.33 bits per heavy atom. The second-order valence-electron chi connectivity index (χ2n) is 9.15. The smallest absolute Gasteiger partial charge is 0.340 e. The molecule has 1 fully saturated rings. The maximum absolute atomic E-state index is 13.6. The van der Waals surface area contributed by atoms with Crippen molar-refractivity contribution in [3.8, 4) is 11.1 Å². The van der Waals surface area contributed by atoms with Crippen LogP contribution in [0.5, 0.6) is 0 Å². The number of nitrogens with one attached hydrogen (secondary N) is 1. The van der Waals surface area contributed by atoms with Crippen molar-refractivity contribution in [3.63, 3.8) is 0 Å². The predicted molar refractivity (Wildman–Crippen MR) is 129 cm³/mol. The van der Waals surface area contributed by atoms with Gasteiger partial charge in [0, 0.05) is 12.0 Å². The average Bonchev–Trinajstić information content (AvgIpc) is 3.65. The summed E-state index contributed by atoms with van der Waals surface area (Å²) in [5.74, 6) is 0.883. The van der Waals surface area contributed by atoms with Crippen molar-refractivity contribution in [1.29, 1.82) is 0 Å². The Labute approximate surface area is 194 Å². The van der Waals surface area contributed by atoms with Crippen LogP contribution in [0, 0.1) is 5.92 Å². The molecule has 2 aliphatic carbocycles. The second-order valence-corrected chi connectivity index (χ2v) is 10.8. The summed E-state index contributed by atoms with van der Waals surface area (Å²) in [5.41, 5.74) is 2.56. The van der Waals surface area contributed by atoms with E-state index in [1.807, 2.05) is 48.5 Å². The van der Waals surface area contributed by atoms with Crippen LogP contribution in [0.25, 0.3) is 11.1 Å². The molecule has 0 saturated heterocycles. The fourth-order valence-corrected chi connectivity index (χ4v) is 6.30. The van der Waals surface area contributed by atoms with Gasteiger partial charge in [0.1, 0.15) is 5.76 Å². The SMILES string of the molecule is O=c1oc2c(cc1C(NS(=O)(=O)c1ccccc1-c1ccccc1)C1CC1)CCCCCC2. The second kappa shape index (κ2) is 9.27. The highest BCUT2D eigenvalue weighted by Gasteiger charge is 2.38. The molecular formula is C27H29NO4S. The first-order chi connectivity index (χ1) is 16.0. The quantitative estimate of drug-likeness (QED) is 0.531. The van der Waals surface area contributed by atoms with Gasteiger partial charge in [0.05, 0.1) is 16.5 Å². The molecule has 1 atom stereocenters. The molecule has 6 heteroatoms. The van der Waals surface area contributed by atoms with Gasteiger partial charge in [0.25, 0.3) is 0 Å². The first-order valence-corrected chi connectivity index (χ1v) is 13.3. The third kappa shape index (κ3) is 4.82. The van der Waals surface area contributed by atoms with Crippen LogP contribution in [0.2, 0.25) is 0 Å². The minimum absolute atomic E-state index is 0.109. The molecule has 2 aromatic carbocycles. The van der Waals surface area contributed by atoms with Crippen molar-refractivity contribution < 1.29 is 12.8 Å². The standard InChI is InChI=1S/C27H29NO4S/c29-27-23(18-21-12-4-1-2-7-14-24(21)32-27)26(20-16-17-20)28-33(30,31)25-15-9-8-13-22(25)19-10-5-3-6-11-19/h3,5-6,8-11,13,15,18,20,26,28H,1-2,4,7,12,14,16-17H2. The molecule has 2 aliphatic rings. The van der Waals surface area contributed by atoms with E-state index < -0.39 is 21.7 Å². The molecule has 172 valence electrons. The van der Waals surface area contributed by atoms with Crippen molar-refractivity contribution >= 4 is 10.0 Å². The number of hydrogen-bond acceptors (Lipinski definition) is 4. The monoisotopic (exact) mass is 463 g/mol. The molecule has 1 aromatic heterocycles. The molecule has 0 aliphatic heterocycles. The Bertz CT molecular complexity index is 1290. The Balaban J connectivity index is 1.52. The summed E-state index contributed by atoms with van der Waals surface area (Å²) in [5, 5.41) is 0. The van der Waals surface area contributed by atoms with Crippen LogP contribution in [0.15, 0.2) is 74.8 Å². The van der Waals surface area contributed by atoms with Gasteiger partial charge in [-0.05, 0) is 61.3 Å². The lowest BCUT2D eigenvalue weighted by molar-refractivity contribution is 0.412. The van der Waals surface area contributed by atoms with Crippen LogP contribution >= 0.6 is 0 Å². The van der Waals surface area contributed by atoms with Gasteiger partial charge in [-0.3, -0.25) is 0 Å². The Morgan fingerprint density at radius 2 is 1.58 bits per heavy atom. The number of hydrogen-bond donors (Lipinski definition) is 1. The van der Waals surface area contributed by atoms with Gasteiger partial charge in [0.2, 0.25) is 10.0 Å². The lowest BCUT2D eigenvalue weighted by Gasteiger charge is -2.21. The van der Waals surface area contributed by atoms with E-state index in [2.05, 4.69) is 4.72 Å². The molecule has 0 radical (unpaired) electrons. The molecule has 33 heavy (non-hydrogen) atoms. The highest BCUT2D eigenvalue weighted by molar-refractivity contribution is 7.89. The summed E-state index contributed by atoms with van der Waals surface area (Å²) in [7, 11) is -3.87. The van der Waals surface area contributed by atoms with Crippen molar-refractivity contribution in [1.82, 2.24) is 4.72 Å². The summed E-state index contributed by atoms with van der Waals surface area (Å²) in [6.45, 7) is 0. The highest BCUT2D eigenvalue weighted by atomic mass is 32.2. The summed E-state index contributed by atoms with van der Waals surface area (Å²) in [6.07, 6.45) is 7.82. The zero-order valence-electron chi connectivity index (χ0n) is 18.6. The predicted octanol–water partition coefficient (Wildman–Crippen LogP) is 5.40. The molecule has 0 amide bonds. The lowest BCUT2D eigenvalue weighted by atomic mass is 9.95. The van der Waals surface area contributed by atoms with Gasteiger partial charge < -0.3 is 4.42 Å². The van der Waals surface area contributed by atoms with Crippen LogP contribution in [0.4, 0.5) is 0 Å². The van der Waals surface area contributed by atoms with Gasteiger partial charge in [-0.15, -0.1) is 0 Å². The van der Waals surface area contributed by atoms with E-state index in [1.54, 1.807) is 12.1 Å². The Hall–Kier alpha value is -2.70. The number of aryl methyl sites for hydroxylation is 2. The zero-order valence-corrected chi connectivity index (χ0v) is 19.4. The van der Waals surface area contributed by atoms with E-state index in [-0.39, 0.29) is 10.8 Å². The molecule has 1 unspecified atom stereocenters. The van der Waals surface area contributed by atoms with Crippen LogP contribution in [0.3, 0.4) is 0 Å². The normalized spacial score (nSPS) is 17.6. The fraction of sp³-hybridized carbons (Fsp3) is 0.370. The van der Waals surface area contributed by atoms with Gasteiger partial charge in [-0.25, -0.2) is 17.9 Å². The largest absolute Gasteiger partial charge is 0.427 e. The third-order valence-corrected chi connectivity index (χ3v) is 8.21. The Kier molecular flexibility index (Phi) is 6.21. The number of benzene rings is 2. The maximum atomic E-state index is 13.6. The molecule has 1 heterocycles. The highest BCUT2D eigenvalue weighted by Crippen LogP contribution is 2.42. The topological polar surface area (TPSA) is 76.4 Å². The third-order valence-electron chi connectivity index (χ3n) is 6.71. The first kappa shape index (κ1) is 22.1. The summed E-state index contributed by atoms with van der Waals surface area (Å²) in [6, 6.07) is 17.8. The maximum Gasteiger partial charge on any atom is 0.340 e. The number of fused-ring (bicyclic) bond motifs is 1. The van der Waals surface area contributed by atoms with E-state index >= 15 is 0 Å². The van der Waals surface area contributed by atoms with Gasteiger partial charge in [-0.1, -0.05) is 61.4 Å². The van der Waals surface area contributed by atoms with E-state index in [0.29, 0.717) is 11.1 Å². The fourth-order valence-electron chi connectivity index (χ4n) is 4.79. The average molecular weight is 464 g/mol. The van der Waals surface area contributed by atoms with Crippen molar-refractivity contribution in [2.45, 2.75) is 62.3 Å². The van der Waals surface area contributed by atoms with Crippen molar-refractivity contribution in [2.24, 2.45) is 5.92 Å². The van der Waals surface area contributed by atoms with E-state index in [1.165, 1.54) is 6.42 Å². The van der Waals surface area contributed by atoms with Crippen LogP contribution < -0.4 is 10.3 Å². The molecular weight excluding hydrogens is 434 g/mol. The van der Waals surface area contributed by atoms with Crippen molar-refractivity contribution in [2.75, 3.05) is 0 Å².